The average Bonchev–Trinajstić information content (AvgIpc) is 2.76. The molecule has 2 rings (SSSR count). The zero-order chi connectivity index (χ0) is 15.4. The summed E-state index contributed by atoms with van der Waals surface area (Å²) in [5.74, 6) is -1.08. The van der Waals surface area contributed by atoms with E-state index in [4.69, 9.17) is 10.5 Å². The van der Waals surface area contributed by atoms with E-state index in [1.54, 1.807) is 25.1 Å². The summed E-state index contributed by atoms with van der Waals surface area (Å²) in [6.45, 7) is 1.27. The normalized spacial score (nSPS) is 10.2. The number of aryl methyl sites for hydroxylation is 1. The van der Waals surface area contributed by atoms with E-state index in [9.17, 15) is 9.59 Å². The van der Waals surface area contributed by atoms with Crippen LogP contribution in [0.4, 0.5) is 10.7 Å². The highest BCUT2D eigenvalue weighted by molar-refractivity contribution is 9.10. The lowest BCUT2D eigenvalue weighted by atomic mass is 10.2. The molecule has 0 spiro atoms. The standard InChI is InChI=1S/C13H12BrN3O3S/c1-7-11(12(15)21-17-7)13(19)20-6-10(18)16-9-4-2-3-8(14)5-9/h2-5H,6,15H2,1H3,(H,16,18). The van der Waals surface area contributed by atoms with Crippen molar-refractivity contribution in [3.8, 4) is 0 Å². The summed E-state index contributed by atoms with van der Waals surface area (Å²) in [5, 5.41) is 2.90. The van der Waals surface area contributed by atoms with E-state index >= 15 is 0 Å². The number of carbonyl (C=O) groups excluding carboxylic acids is 2. The topological polar surface area (TPSA) is 94.3 Å². The SMILES string of the molecule is Cc1nsc(N)c1C(=O)OCC(=O)Nc1cccc(Br)c1. The molecule has 3 N–H and O–H groups in total. The monoisotopic (exact) mass is 369 g/mol. The summed E-state index contributed by atoms with van der Waals surface area (Å²) in [4.78, 5) is 23.6. The van der Waals surface area contributed by atoms with Crippen molar-refractivity contribution in [1.29, 1.82) is 0 Å². The van der Waals surface area contributed by atoms with Gasteiger partial charge in [-0.05, 0) is 36.7 Å². The first-order valence-electron chi connectivity index (χ1n) is 5.91. The van der Waals surface area contributed by atoms with Gasteiger partial charge in [-0.15, -0.1) is 0 Å². The van der Waals surface area contributed by atoms with E-state index in [0.29, 0.717) is 11.4 Å². The predicted molar refractivity (Wildman–Crippen MR) is 84.3 cm³/mol. The number of carbonyl (C=O) groups is 2. The number of nitrogen functional groups attached to an aromatic ring is 1. The van der Waals surface area contributed by atoms with Crippen LogP contribution in [0.2, 0.25) is 0 Å². The molecule has 0 aliphatic carbocycles. The number of benzene rings is 1. The smallest absolute Gasteiger partial charge is 0.343 e. The maximum absolute atomic E-state index is 11.8. The summed E-state index contributed by atoms with van der Waals surface area (Å²) in [5.41, 5.74) is 6.96. The quantitative estimate of drug-likeness (QED) is 0.807. The van der Waals surface area contributed by atoms with Crippen LogP contribution < -0.4 is 11.1 Å². The second kappa shape index (κ2) is 6.68. The Bertz CT molecular complexity index is 668. The van der Waals surface area contributed by atoms with Gasteiger partial charge < -0.3 is 15.8 Å². The number of hydrogen-bond acceptors (Lipinski definition) is 6. The zero-order valence-electron chi connectivity index (χ0n) is 11.1. The zero-order valence-corrected chi connectivity index (χ0v) is 13.5. The molecule has 0 aliphatic heterocycles. The van der Waals surface area contributed by atoms with E-state index in [2.05, 4.69) is 25.6 Å². The fourth-order valence-corrected chi connectivity index (χ4v) is 2.65. The molecule has 0 unspecified atom stereocenters. The molecule has 0 fully saturated rings. The van der Waals surface area contributed by atoms with Crippen molar-refractivity contribution in [2.75, 3.05) is 17.7 Å². The molecule has 0 atom stereocenters. The molecule has 0 saturated carbocycles. The Labute approximate surface area is 133 Å². The maximum Gasteiger partial charge on any atom is 0.343 e. The van der Waals surface area contributed by atoms with Crippen LogP contribution in [0.15, 0.2) is 28.7 Å². The van der Waals surface area contributed by atoms with Crippen LogP contribution in [-0.2, 0) is 9.53 Å². The molecule has 110 valence electrons. The Balaban J connectivity index is 1.91. The first-order valence-corrected chi connectivity index (χ1v) is 7.48. The molecule has 8 heteroatoms. The first kappa shape index (κ1) is 15.5. The number of anilines is 2. The van der Waals surface area contributed by atoms with Gasteiger partial charge in [0.25, 0.3) is 5.91 Å². The number of halogens is 1. The van der Waals surface area contributed by atoms with Gasteiger partial charge in [-0.25, -0.2) is 4.79 Å². The molecule has 21 heavy (non-hydrogen) atoms. The van der Waals surface area contributed by atoms with Gasteiger partial charge in [-0.2, -0.15) is 4.37 Å². The van der Waals surface area contributed by atoms with E-state index < -0.39 is 11.9 Å². The molecule has 1 amide bonds. The molecule has 1 aromatic heterocycles. The van der Waals surface area contributed by atoms with Gasteiger partial charge in [0.05, 0.1) is 5.69 Å². The molecular weight excluding hydrogens is 358 g/mol. The van der Waals surface area contributed by atoms with Gasteiger partial charge in [-0.3, -0.25) is 4.79 Å². The Kier molecular flexibility index (Phi) is 4.92. The fraction of sp³-hybridized carbons (Fsp3) is 0.154. The average molecular weight is 370 g/mol. The molecule has 1 heterocycles. The van der Waals surface area contributed by atoms with Crippen LogP contribution in [0.3, 0.4) is 0 Å². The van der Waals surface area contributed by atoms with E-state index in [1.807, 2.05) is 6.07 Å². The number of nitrogens with one attached hydrogen (secondary N) is 1. The summed E-state index contributed by atoms with van der Waals surface area (Å²) in [7, 11) is 0. The van der Waals surface area contributed by atoms with E-state index in [0.717, 1.165) is 16.0 Å². The van der Waals surface area contributed by atoms with Gasteiger partial charge in [-0.1, -0.05) is 22.0 Å². The van der Waals surface area contributed by atoms with Crippen LogP contribution in [-0.4, -0.2) is 22.9 Å². The minimum atomic E-state index is -0.650. The van der Waals surface area contributed by atoms with Crippen molar-refractivity contribution in [2.24, 2.45) is 0 Å². The molecule has 6 nitrogen and oxygen atoms in total. The van der Waals surface area contributed by atoms with Gasteiger partial charge >= 0.3 is 5.97 Å². The number of hydrogen-bond donors (Lipinski definition) is 2. The third-order valence-corrected chi connectivity index (χ3v) is 3.80. The Morgan fingerprint density at radius 1 is 1.48 bits per heavy atom. The highest BCUT2D eigenvalue weighted by Crippen LogP contribution is 2.21. The molecule has 0 bridgehead atoms. The number of ether oxygens (including phenoxy) is 1. The molecule has 0 radical (unpaired) electrons. The van der Waals surface area contributed by atoms with Crippen LogP contribution >= 0.6 is 27.5 Å². The lowest BCUT2D eigenvalue weighted by Crippen LogP contribution is -2.21. The summed E-state index contributed by atoms with van der Waals surface area (Å²) < 4.78 is 9.73. The van der Waals surface area contributed by atoms with Crippen molar-refractivity contribution in [1.82, 2.24) is 4.37 Å². The number of nitrogens with two attached hydrogens (primary N) is 1. The lowest BCUT2D eigenvalue weighted by Gasteiger charge is -2.07. The van der Waals surface area contributed by atoms with Crippen molar-refractivity contribution < 1.29 is 14.3 Å². The van der Waals surface area contributed by atoms with Crippen LogP contribution in [0.5, 0.6) is 0 Å². The summed E-state index contributed by atoms with van der Waals surface area (Å²) >= 11 is 4.32. The Morgan fingerprint density at radius 2 is 2.24 bits per heavy atom. The molecule has 0 saturated heterocycles. The number of aromatic nitrogens is 1. The molecule has 1 aromatic carbocycles. The van der Waals surface area contributed by atoms with Gasteiger partial charge in [0, 0.05) is 10.2 Å². The third kappa shape index (κ3) is 4.02. The minimum Gasteiger partial charge on any atom is -0.452 e. The Morgan fingerprint density at radius 3 is 2.86 bits per heavy atom. The minimum absolute atomic E-state index is 0.218. The summed E-state index contributed by atoms with van der Waals surface area (Å²) in [6.07, 6.45) is 0. The van der Waals surface area contributed by atoms with E-state index in [1.165, 1.54) is 0 Å². The highest BCUT2D eigenvalue weighted by Gasteiger charge is 2.19. The number of rotatable bonds is 4. The number of amides is 1. The van der Waals surface area contributed by atoms with Crippen LogP contribution in [0.25, 0.3) is 0 Å². The number of esters is 1. The van der Waals surface area contributed by atoms with Crippen molar-refractivity contribution in [2.45, 2.75) is 6.92 Å². The second-order valence-electron chi connectivity index (χ2n) is 4.14. The highest BCUT2D eigenvalue weighted by atomic mass is 79.9. The fourth-order valence-electron chi connectivity index (χ4n) is 1.60. The van der Waals surface area contributed by atoms with Crippen molar-refractivity contribution >= 4 is 50.0 Å². The van der Waals surface area contributed by atoms with Gasteiger partial charge in [0.2, 0.25) is 0 Å². The van der Waals surface area contributed by atoms with Gasteiger partial charge in [0.1, 0.15) is 10.6 Å². The Hall–Kier alpha value is -1.93. The lowest BCUT2D eigenvalue weighted by molar-refractivity contribution is -0.119. The van der Waals surface area contributed by atoms with Crippen molar-refractivity contribution in [3.05, 3.63) is 40.0 Å². The van der Waals surface area contributed by atoms with Gasteiger partial charge in [0.15, 0.2) is 6.61 Å². The first-order chi connectivity index (χ1) is 9.97. The predicted octanol–water partition coefficient (Wildman–Crippen LogP) is 2.59. The second-order valence-corrected chi connectivity index (χ2v) is 5.86. The summed E-state index contributed by atoms with van der Waals surface area (Å²) in [6, 6.07) is 7.09. The van der Waals surface area contributed by atoms with Crippen LogP contribution in [0.1, 0.15) is 16.1 Å². The van der Waals surface area contributed by atoms with E-state index in [-0.39, 0.29) is 17.2 Å². The maximum atomic E-state index is 11.8. The molecule has 0 aliphatic rings. The molecular formula is C13H12BrN3O3S. The third-order valence-electron chi connectivity index (χ3n) is 2.54. The number of nitrogens with zero attached hydrogens (tertiary/aromatic N) is 1. The molecule has 2 aromatic rings. The van der Waals surface area contributed by atoms with Crippen molar-refractivity contribution in [3.63, 3.8) is 0 Å². The van der Waals surface area contributed by atoms with Crippen LogP contribution in [0, 0.1) is 6.92 Å². The largest absolute Gasteiger partial charge is 0.452 e.